The van der Waals surface area contributed by atoms with Crippen molar-refractivity contribution in [3.8, 4) is 28.7 Å². The van der Waals surface area contributed by atoms with Crippen LogP contribution in [0.4, 0.5) is 5.69 Å². The second-order valence-corrected chi connectivity index (χ2v) is 7.16. The Morgan fingerprint density at radius 2 is 1.68 bits per heavy atom. The van der Waals surface area contributed by atoms with E-state index in [2.05, 4.69) is 6.07 Å². The van der Waals surface area contributed by atoms with Gasteiger partial charge in [-0.05, 0) is 54.4 Å². The van der Waals surface area contributed by atoms with Gasteiger partial charge in [0.1, 0.15) is 11.5 Å². The molecule has 3 aromatic rings. The second kappa shape index (κ2) is 8.72. The average Bonchev–Trinajstić information content (AvgIpc) is 2.80. The van der Waals surface area contributed by atoms with Crippen molar-refractivity contribution in [2.45, 2.75) is 19.4 Å². The Kier molecular flexibility index (Phi) is 5.67. The van der Waals surface area contributed by atoms with Gasteiger partial charge in [0.2, 0.25) is 0 Å². The third kappa shape index (κ3) is 4.41. The Bertz CT molecular complexity index is 1150. The van der Waals surface area contributed by atoms with E-state index in [0.717, 1.165) is 11.1 Å². The highest BCUT2D eigenvalue weighted by molar-refractivity contribution is 6.00. The van der Waals surface area contributed by atoms with E-state index in [4.69, 9.17) is 14.7 Å². The zero-order valence-electron chi connectivity index (χ0n) is 16.9. The maximum atomic E-state index is 12.5. The normalized spacial score (nSPS) is 14.9. The molecule has 0 N–H and O–H groups in total. The van der Waals surface area contributed by atoms with Gasteiger partial charge in [-0.25, -0.2) is 0 Å². The largest absolute Gasteiger partial charge is 0.479 e. The Balaban J connectivity index is 1.38. The van der Waals surface area contributed by atoms with Gasteiger partial charge in [-0.15, -0.1) is 0 Å². The first-order valence-electron chi connectivity index (χ1n) is 9.93. The van der Waals surface area contributed by atoms with Gasteiger partial charge in [0.05, 0.1) is 23.7 Å². The van der Waals surface area contributed by atoms with E-state index in [1.807, 2.05) is 36.4 Å². The molecule has 0 saturated carbocycles. The molecule has 0 fully saturated rings. The van der Waals surface area contributed by atoms with E-state index in [0.29, 0.717) is 22.7 Å². The van der Waals surface area contributed by atoms with E-state index >= 15 is 0 Å². The Morgan fingerprint density at radius 1 is 1.03 bits per heavy atom. The zero-order chi connectivity index (χ0) is 21.8. The van der Waals surface area contributed by atoms with Crippen LogP contribution in [0.3, 0.4) is 0 Å². The van der Waals surface area contributed by atoms with Crippen molar-refractivity contribution in [1.82, 2.24) is 0 Å². The van der Waals surface area contributed by atoms with Crippen molar-refractivity contribution in [3.05, 3.63) is 78.4 Å². The van der Waals surface area contributed by atoms with Crippen LogP contribution in [0, 0.1) is 11.3 Å². The minimum absolute atomic E-state index is 0.0597. The molecule has 1 aliphatic rings. The SMILES string of the molecule is CC1Oc2ccccc2N(CCC(=O)Oc2ccc(-c3ccc(C#N)cc3)cc2)C1=O. The molecule has 1 aliphatic heterocycles. The molecule has 1 atom stereocenters. The standard InChI is InChI=1S/C25H20N2O4/c1-17-25(29)27(22-4-2-3-5-23(22)30-17)15-14-24(28)31-21-12-10-20(11-13-21)19-8-6-18(16-26)7-9-19/h2-13,17H,14-15H2,1H3. The molecule has 1 heterocycles. The molecule has 6 heteroatoms. The number of ether oxygens (including phenoxy) is 2. The Morgan fingerprint density at radius 3 is 2.35 bits per heavy atom. The fourth-order valence-electron chi connectivity index (χ4n) is 3.43. The van der Waals surface area contributed by atoms with Crippen LogP contribution in [-0.4, -0.2) is 24.5 Å². The number of rotatable bonds is 5. The molecule has 0 bridgehead atoms. The highest BCUT2D eigenvalue weighted by Crippen LogP contribution is 2.33. The molecule has 0 aliphatic carbocycles. The maximum absolute atomic E-state index is 12.5. The summed E-state index contributed by atoms with van der Waals surface area (Å²) in [5.41, 5.74) is 3.18. The average molecular weight is 412 g/mol. The molecule has 0 radical (unpaired) electrons. The van der Waals surface area contributed by atoms with E-state index in [9.17, 15) is 9.59 Å². The van der Waals surface area contributed by atoms with Crippen LogP contribution >= 0.6 is 0 Å². The summed E-state index contributed by atoms with van der Waals surface area (Å²) in [5.74, 6) is 0.458. The summed E-state index contributed by atoms with van der Waals surface area (Å²) >= 11 is 0. The molecule has 0 aromatic heterocycles. The molecule has 4 rings (SSSR count). The number of nitriles is 1. The minimum Gasteiger partial charge on any atom is -0.479 e. The molecule has 1 unspecified atom stereocenters. The van der Waals surface area contributed by atoms with Crippen LogP contribution in [0.15, 0.2) is 72.8 Å². The van der Waals surface area contributed by atoms with Crippen LogP contribution in [0.5, 0.6) is 11.5 Å². The molecule has 1 amide bonds. The molecular formula is C25H20N2O4. The molecule has 0 saturated heterocycles. The second-order valence-electron chi connectivity index (χ2n) is 7.16. The summed E-state index contributed by atoms with van der Waals surface area (Å²) in [6.45, 7) is 1.91. The number of esters is 1. The summed E-state index contributed by atoms with van der Waals surface area (Å²) in [4.78, 5) is 26.4. The lowest BCUT2D eigenvalue weighted by atomic mass is 10.0. The lowest BCUT2D eigenvalue weighted by Gasteiger charge is -2.32. The number of hydrogen-bond donors (Lipinski definition) is 0. The molecular weight excluding hydrogens is 392 g/mol. The van der Waals surface area contributed by atoms with Gasteiger partial charge in [-0.1, -0.05) is 36.4 Å². The van der Waals surface area contributed by atoms with Gasteiger partial charge in [0.15, 0.2) is 6.10 Å². The lowest BCUT2D eigenvalue weighted by molar-refractivity contribution is -0.134. The van der Waals surface area contributed by atoms with Gasteiger partial charge in [0.25, 0.3) is 5.91 Å². The van der Waals surface area contributed by atoms with Crippen molar-refractivity contribution in [2.24, 2.45) is 0 Å². The quantitative estimate of drug-likeness (QED) is 0.460. The first kappa shape index (κ1) is 20.2. The highest BCUT2D eigenvalue weighted by atomic mass is 16.5. The number of carbonyl (C=O) groups excluding carboxylic acids is 2. The summed E-state index contributed by atoms with van der Waals surface area (Å²) in [6.07, 6.45) is -0.537. The maximum Gasteiger partial charge on any atom is 0.312 e. The molecule has 3 aromatic carbocycles. The van der Waals surface area contributed by atoms with Gasteiger partial charge < -0.3 is 14.4 Å². The highest BCUT2D eigenvalue weighted by Gasteiger charge is 2.31. The van der Waals surface area contributed by atoms with Gasteiger partial charge >= 0.3 is 5.97 Å². The molecule has 31 heavy (non-hydrogen) atoms. The fraction of sp³-hybridized carbons (Fsp3) is 0.160. The number of fused-ring (bicyclic) bond motifs is 1. The Hall–Kier alpha value is -4.11. The number of para-hydroxylation sites is 2. The van der Waals surface area contributed by atoms with Crippen molar-refractivity contribution in [2.75, 3.05) is 11.4 Å². The minimum atomic E-state index is -0.597. The van der Waals surface area contributed by atoms with Crippen molar-refractivity contribution in [3.63, 3.8) is 0 Å². The van der Waals surface area contributed by atoms with E-state index in [1.165, 1.54) is 0 Å². The van der Waals surface area contributed by atoms with Crippen LogP contribution in [0.1, 0.15) is 18.9 Å². The van der Waals surface area contributed by atoms with Crippen molar-refractivity contribution < 1.29 is 19.1 Å². The smallest absolute Gasteiger partial charge is 0.312 e. The number of hydrogen-bond acceptors (Lipinski definition) is 5. The number of anilines is 1. The van der Waals surface area contributed by atoms with Crippen LogP contribution in [0.25, 0.3) is 11.1 Å². The summed E-state index contributed by atoms with van der Waals surface area (Å²) < 4.78 is 11.0. The first-order valence-corrected chi connectivity index (χ1v) is 9.93. The van der Waals surface area contributed by atoms with Gasteiger partial charge in [-0.3, -0.25) is 9.59 Å². The van der Waals surface area contributed by atoms with Crippen molar-refractivity contribution >= 4 is 17.6 Å². The summed E-state index contributed by atoms with van der Waals surface area (Å²) in [5, 5.41) is 8.90. The predicted octanol–water partition coefficient (Wildman–Crippen LogP) is 4.33. The Labute approximate surface area is 180 Å². The predicted molar refractivity (Wildman–Crippen MR) is 116 cm³/mol. The van der Waals surface area contributed by atoms with Crippen LogP contribution < -0.4 is 14.4 Å². The van der Waals surface area contributed by atoms with Crippen LogP contribution in [0.2, 0.25) is 0 Å². The van der Waals surface area contributed by atoms with E-state index in [1.54, 1.807) is 48.2 Å². The number of carbonyl (C=O) groups is 2. The topological polar surface area (TPSA) is 79.6 Å². The first-order chi connectivity index (χ1) is 15.0. The number of amides is 1. The van der Waals surface area contributed by atoms with E-state index < -0.39 is 12.1 Å². The fourth-order valence-corrected chi connectivity index (χ4v) is 3.43. The third-order valence-electron chi connectivity index (χ3n) is 5.05. The summed E-state index contributed by atoms with van der Waals surface area (Å²) in [7, 11) is 0. The summed E-state index contributed by atoms with van der Waals surface area (Å²) in [6, 6.07) is 23.8. The molecule has 0 spiro atoms. The van der Waals surface area contributed by atoms with E-state index in [-0.39, 0.29) is 18.9 Å². The lowest BCUT2D eigenvalue weighted by Crippen LogP contribution is -2.45. The van der Waals surface area contributed by atoms with Crippen molar-refractivity contribution in [1.29, 1.82) is 5.26 Å². The number of benzene rings is 3. The van der Waals surface area contributed by atoms with Gasteiger partial charge in [0, 0.05) is 6.54 Å². The molecule has 6 nitrogen and oxygen atoms in total. The van der Waals surface area contributed by atoms with Gasteiger partial charge in [-0.2, -0.15) is 5.26 Å². The zero-order valence-corrected chi connectivity index (χ0v) is 16.9. The van der Waals surface area contributed by atoms with Crippen LogP contribution in [-0.2, 0) is 9.59 Å². The number of nitrogens with zero attached hydrogens (tertiary/aromatic N) is 2. The third-order valence-corrected chi connectivity index (χ3v) is 5.05. The monoisotopic (exact) mass is 412 g/mol. The molecule has 154 valence electrons.